The third-order valence-electron chi connectivity index (χ3n) is 1.31. The summed E-state index contributed by atoms with van der Waals surface area (Å²) in [5, 5.41) is 0. The molecule has 0 amide bonds. The van der Waals surface area contributed by atoms with E-state index in [0.717, 1.165) is 0 Å². The topological polar surface area (TPSA) is 44.8 Å². The summed E-state index contributed by atoms with van der Waals surface area (Å²) in [6.07, 6.45) is -3.90. The molecule has 0 aromatic heterocycles. The number of rotatable bonds is 8. The van der Waals surface area contributed by atoms with Crippen LogP contribution in [-0.2, 0) is 18.1 Å². The number of phosphoric ester groups is 1. The predicted molar refractivity (Wildman–Crippen MR) is 47.8 cm³/mol. The number of hydrogen-bond acceptors (Lipinski definition) is 4. The molecule has 0 saturated carbocycles. The van der Waals surface area contributed by atoms with Crippen LogP contribution in [0.3, 0.4) is 0 Å². The summed E-state index contributed by atoms with van der Waals surface area (Å²) in [4.78, 5) is 0. The first-order valence-corrected chi connectivity index (χ1v) is 5.93. The Hall–Kier alpha value is -0.170. The van der Waals surface area contributed by atoms with E-state index < -0.39 is 26.8 Å². The quantitative estimate of drug-likeness (QED) is 0.501. The SMILES string of the molecule is CCOP(=O)(OCC)OCC(F)(F)C(F)F. The van der Waals surface area contributed by atoms with E-state index in [0.29, 0.717) is 0 Å². The highest BCUT2D eigenvalue weighted by Gasteiger charge is 2.44. The fourth-order valence-corrected chi connectivity index (χ4v) is 1.84. The molecule has 4 nitrogen and oxygen atoms in total. The molecule has 0 N–H and O–H groups in total. The van der Waals surface area contributed by atoms with E-state index in [1.165, 1.54) is 13.8 Å². The third kappa shape index (κ3) is 5.25. The second-order valence-electron chi connectivity index (χ2n) is 2.62. The van der Waals surface area contributed by atoms with Gasteiger partial charge >= 0.3 is 20.2 Å². The van der Waals surface area contributed by atoms with Crippen molar-refractivity contribution in [2.45, 2.75) is 26.2 Å². The van der Waals surface area contributed by atoms with Crippen molar-refractivity contribution in [1.29, 1.82) is 0 Å². The smallest absolute Gasteiger partial charge is 0.287 e. The molecule has 0 heterocycles. The fraction of sp³-hybridized carbons (Fsp3) is 1.00. The van der Waals surface area contributed by atoms with Gasteiger partial charge in [0.25, 0.3) is 0 Å². The van der Waals surface area contributed by atoms with Gasteiger partial charge in [-0.25, -0.2) is 13.3 Å². The largest absolute Gasteiger partial charge is 0.474 e. The highest BCUT2D eigenvalue weighted by atomic mass is 31.2. The third-order valence-corrected chi connectivity index (χ3v) is 2.90. The Morgan fingerprint density at radius 3 is 1.88 bits per heavy atom. The summed E-state index contributed by atoms with van der Waals surface area (Å²) >= 11 is 0. The van der Waals surface area contributed by atoms with Crippen molar-refractivity contribution in [1.82, 2.24) is 0 Å². The van der Waals surface area contributed by atoms with Gasteiger partial charge in [-0.1, -0.05) is 0 Å². The van der Waals surface area contributed by atoms with Crippen molar-refractivity contribution in [3.8, 4) is 0 Å². The molecule has 0 aromatic rings. The average Bonchev–Trinajstić information content (AvgIpc) is 2.16. The molecule has 0 radical (unpaired) electrons. The van der Waals surface area contributed by atoms with Crippen LogP contribution in [-0.4, -0.2) is 32.2 Å². The van der Waals surface area contributed by atoms with Gasteiger partial charge in [0.15, 0.2) is 0 Å². The first-order chi connectivity index (χ1) is 7.27. The molecule has 0 aliphatic rings. The van der Waals surface area contributed by atoms with Crippen molar-refractivity contribution >= 4 is 7.82 Å². The lowest BCUT2D eigenvalue weighted by atomic mass is 10.4. The molecule has 98 valence electrons. The number of alkyl halides is 4. The van der Waals surface area contributed by atoms with E-state index in [2.05, 4.69) is 13.6 Å². The minimum absolute atomic E-state index is 0.114. The molecule has 0 bridgehead atoms. The Morgan fingerprint density at radius 1 is 1.12 bits per heavy atom. The van der Waals surface area contributed by atoms with Crippen LogP contribution in [0.15, 0.2) is 0 Å². The second kappa shape index (κ2) is 6.54. The van der Waals surface area contributed by atoms with E-state index >= 15 is 0 Å². The molecular formula is C7H13F4O4P. The van der Waals surface area contributed by atoms with Crippen molar-refractivity contribution in [2.24, 2.45) is 0 Å². The lowest BCUT2D eigenvalue weighted by Gasteiger charge is -2.20. The normalized spacial score (nSPS) is 13.4. The van der Waals surface area contributed by atoms with Gasteiger partial charge in [0.05, 0.1) is 13.2 Å². The Balaban J connectivity index is 4.38. The molecule has 0 aliphatic heterocycles. The van der Waals surface area contributed by atoms with Crippen molar-refractivity contribution in [3.63, 3.8) is 0 Å². The maximum Gasteiger partial charge on any atom is 0.474 e. The zero-order chi connectivity index (χ0) is 12.8. The molecule has 16 heavy (non-hydrogen) atoms. The van der Waals surface area contributed by atoms with Crippen LogP contribution >= 0.6 is 7.82 Å². The summed E-state index contributed by atoms with van der Waals surface area (Å²) < 4.78 is 72.9. The Kier molecular flexibility index (Phi) is 6.47. The number of phosphoric acid groups is 1. The van der Waals surface area contributed by atoms with Crippen LogP contribution < -0.4 is 0 Å². The van der Waals surface area contributed by atoms with Crippen LogP contribution in [0.1, 0.15) is 13.8 Å². The molecule has 0 spiro atoms. The molecule has 9 heteroatoms. The number of hydrogen-bond donors (Lipinski definition) is 0. The fourth-order valence-electron chi connectivity index (χ4n) is 0.656. The van der Waals surface area contributed by atoms with Gasteiger partial charge in [-0.2, -0.15) is 8.78 Å². The molecule has 0 aliphatic carbocycles. The molecule has 0 fully saturated rings. The standard InChI is InChI=1S/C7H13F4O4P/c1-3-13-16(12,14-4-2)15-5-7(10,11)6(8)9/h6H,3-5H2,1-2H3. The van der Waals surface area contributed by atoms with Gasteiger partial charge in [-0.05, 0) is 13.8 Å². The summed E-state index contributed by atoms with van der Waals surface area (Å²) in [5.74, 6) is -4.39. The zero-order valence-electron chi connectivity index (χ0n) is 8.79. The molecule has 0 saturated heterocycles. The molecular weight excluding hydrogens is 255 g/mol. The minimum Gasteiger partial charge on any atom is -0.287 e. The van der Waals surface area contributed by atoms with Gasteiger partial charge in [0.1, 0.15) is 6.61 Å². The first-order valence-electron chi connectivity index (χ1n) is 4.47. The van der Waals surface area contributed by atoms with Gasteiger partial charge in [0, 0.05) is 0 Å². The highest BCUT2D eigenvalue weighted by molar-refractivity contribution is 7.48. The Bertz CT molecular complexity index is 239. The van der Waals surface area contributed by atoms with Crippen LogP contribution in [0.4, 0.5) is 17.6 Å². The predicted octanol–water partition coefficient (Wildman–Crippen LogP) is 3.08. The molecule has 0 atom stereocenters. The lowest BCUT2D eigenvalue weighted by molar-refractivity contribution is -0.152. The van der Waals surface area contributed by atoms with Crippen LogP contribution in [0.2, 0.25) is 0 Å². The van der Waals surface area contributed by atoms with Gasteiger partial charge in [0.2, 0.25) is 0 Å². The monoisotopic (exact) mass is 268 g/mol. The average molecular weight is 268 g/mol. The van der Waals surface area contributed by atoms with E-state index in [1.807, 2.05) is 0 Å². The second-order valence-corrected chi connectivity index (χ2v) is 4.29. The Morgan fingerprint density at radius 2 is 1.56 bits per heavy atom. The lowest BCUT2D eigenvalue weighted by Crippen LogP contribution is -2.32. The minimum atomic E-state index is -4.39. The zero-order valence-corrected chi connectivity index (χ0v) is 9.69. The van der Waals surface area contributed by atoms with E-state index in [4.69, 9.17) is 0 Å². The maximum atomic E-state index is 12.5. The van der Waals surface area contributed by atoms with Crippen molar-refractivity contribution < 1.29 is 35.7 Å². The molecule has 0 rings (SSSR count). The van der Waals surface area contributed by atoms with E-state index in [1.54, 1.807) is 0 Å². The Labute approximate surface area is 90.5 Å². The maximum absolute atomic E-state index is 12.5. The highest BCUT2D eigenvalue weighted by Crippen LogP contribution is 2.50. The van der Waals surface area contributed by atoms with Gasteiger partial charge < -0.3 is 0 Å². The van der Waals surface area contributed by atoms with Crippen LogP contribution in [0, 0.1) is 0 Å². The summed E-state index contributed by atoms with van der Waals surface area (Å²) in [7, 11) is -4.17. The van der Waals surface area contributed by atoms with Crippen LogP contribution in [0.25, 0.3) is 0 Å². The number of halogens is 4. The van der Waals surface area contributed by atoms with Gasteiger partial charge in [-0.3, -0.25) is 13.6 Å². The van der Waals surface area contributed by atoms with Crippen LogP contribution in [0.5, 0.6) is 0 Å². The van der Waals surface area contributed by atoms with Crippen molar-refractivity contribution in [3.05, 3.63) is 0 Å². The van der Waals surface area contributed by atoms with Crippen molar-refractivity contribution in [2.75, 3.05) is 19.8 Å². The van der Waals surface area contributed by atoms with E-state index in [-0.39, 0.29) is 13.2 Å². The van der Waals surface area contributed by atoms with Gasteiger partial charge in [-0.15, -0.1) is 0 Å². The molecule has 0 aromatic carbocycles. The summed E-state index contributed by atoms with van der Waals surface area (Å²) in [6, 6.07) is 0. The summed E-state index contributed by atoms with van der Waals surface area (Å²) in [6.45, 7) is 0.914. The summed E-state index contributed by atoms with van der Waals surface area (Å²) in [5.41, 5.74) is 0. The molecule has 0 unspecified atom stereocenters. The van der Waals surface area contributed by atoms with E-state index in [9.17, 15) is 22.1 Å². The first kappa shape index (κ1) is 15.8.